The number of carboxylic acid groups (broad SMARTS) is 1. The van der Waals surface area contributed by atoms with Gasteiger partial charge in [0.15, 0.2) is 17.6 Å². The Bertz CT molecular complexity index is 1130. The summed E-state index contributed by atoms with van der Waals surface area (Å²) in [6.45, 7) is 4.18. The molecule has 1 atom stereocenters. The van der Waals surface area contributed by atoms with Crippen LogP contribution in [-0.4, -0.2) is 49.2 Å². The smallest absolute Gasteiger partial charge is 0.413 e. The van der Waals surface area contributed by atoms with Crippen LogP contribution in [0.5, 0.6) is 0 Å². The van der Waals surface area contributed by atoms with Gasteiger partial charge in [-0.1, -0.05) is 24.0 Å². The summed E-state index contributed by atoms with van der Waals surface area (Å²) in [6, 6.07) is 3.37. The van der Waals surface area contributed by atoms with Crippen LogP contribution >= 0.6 is 0 Å². The lowest BCUT2D eigenvalue weighted by molar-refractivity contribution is -0.137. The van der Waals surface area contributed by atoms with Gasteiger partial charge in [0.25, 0.3) is 5.92 Å². The van der Waals surface area contributed by atoms with E-state index in [-0.39, 0.29) is 17.9 Å². The van der Waals surface area contributed by atoms with Gasteiger partial charge in [0.05, 0.1) is 17.8 Å². The molecule has 2 aromatic heterocycles. The van der Waals surface area contributed by atoms with Gasteiger partial charge >= 0.3 is 12.1 Å². The van der Waals surface area contributed by atoms with E-state index in [1.165, 1.54) is 18.7 Å². The molecule has 2 heterocycles. The molecule has 1 aliphatic rings. The van der Waals surface area contributed by atoms with E-state index < -0.39 is 35.9 Å². The summed E-state index contributed by atoms with van der Waals surface area (Å²) in [5.41, 5.74) is 1.38. The summed E-state index contributed by atoms with van der Waals surface area (Å²) < 4.78 is 33.5. The second kappa shape index (κ2) is 9.13. The number of aryl methyl sites for hydroxylation is 2. The zero-order valence-corrected chi connectivity index (χ0v) is 18.8. The molecule has 1 amide bonds. The minimum Gasteiger partial charge on any atom is -0.481 e. The fraction of sp³-hybridized carbons (Fsp3) is 0.500. The molecule has 0 aliphatic heterocycles. The third-order valence-corrected chi connectivity index (χ3v) is 5.53. The largest absolute Gasteiger partial charge is 0.481 e. The number of aliphatic carboxylic acids is 1. The van der Waals surface area contributed by atoms with E-state index in [1.807, 2.05) is 0 Å². The molecule has 2 aromatic rings. The Labute approximate surface area is 189 Å². The zero-order valence-electron chi connectivity index (χ0n) is 18.8. The Morgan fingerprint density at radius 3 is 2.67 bits per heavy atom. The number of hydrogen-bond acceptors (Lipinski definition) is 6. The molecule has 0 aromatic carbocycles. The molecule has 0 unspecified atom stereocenters. The number of carboxylic acids is 1. The van der Waals surface area contributed by atoms with Crippen molar-refractivity contribution < 1.29 is 28.2 Å². The summed E-state index contributed by atoms with van der Waals surface area (Å²) in [7, 11) is 1.53. The van der Waals surface area contributed by atoms with E-state index in [4.69, 9.17) is 9.84 Å². The number of amides is 1. The van der Waals surface area contributed by atoms with E-state index in [2.05, 4.69) is 32.5 Å². The molecule has 0 spiro atoms. The predicted molar refractivity (Wildman–Crippen MR) is 115 cm³/mol. The van der Waals surface area contributed by atoms with E-state index in [9.17, 15) is 18.4 Å². The Morgan fingerprint density at radius 1 is 1.39 bits per heavy atom. The minimum absolute atomic E-state index is 0.0120. The van der Waals surface area contributed by atoms with E-state index in [0.717, 1.165) is 19.8 Å². The van der Waals surface area contributed by atoms with Crippen molar-refractivity contribution in [1.29, 1.82) is 0 Å². The number of hydrogen-bond donors (Lipinski definition) is 2. The van der Waals surface area contributed by atoms with Gasteiger partial charge in [0.1, 0.15) is 0 Å². The lowest BCUT2D eigenvalue weighted by Crippen LogP contribution is -2.36. The van der Waals surface area contributed by atoms with Crippen molar-refractivity contribution in [2.45, 2.75) is 58.5 Å². The second-order valence-corrected chi connectivity index (χ2v) is 8.13. The first-order valence-corrected chi connectivity index (χ1v) is 10.4. The molecule has 11 heteroatoms. The minimum atomic E-state index is -3.15. The molecule has 1 aliphatic carbocycles. The highest BCUT2D eigenvalue weighted by atomic mass is 19.3. The van der Waals surface area contributed by atoms with Gasteiger partial charge in [-0.05, 0) is 38.8 Å². The van der Waals surface area contributed by atoms with Crippen molar-refractivity contribution in [2.75, 3.05) is 5.32 Å². The number of rotatable bonds is 7. The summed E-state index contributed by atoms with van der Waals surface area (Å²) in [6.07, 6.45) is -1.61. The van der Waals surface area contributed by atoms with Crippen molar-refractivity contribution in [1.82, 2.24) is 20.0 Å². The van der Waals surface area contributed by atoms with E-state index >= 15 is 0 Å². The third-order valence-electron chi connectivity index (χ3n) is 5.53. The second-order valence-electron chi connectivity index (χ2n) is 8.13. The highest BCUT2D eigenvalue weighted by Gasteiger charge is 2.43. The summed E-state index contributed by atoms with van der Waals surface area (Å²) in [5.74, 6) is 2.18. The molecular formula is C22H25F2N5O4. The van der Waals surface area contributed by atoms with Crippen LogP contribution in [0.25, 0.3) is 11.4 Å². The molecule has 1 fully saturated rings. The molecule has 0 bridgehead atoms. The summed E-state index contributed by atoms with van der Waals surface area (Å²) in [4.78, 5) is 27.7. The molecule has 0 radical (unpaired) electrons. The van der Waals surface area contributed by atoms with Crippen molar-refractivity contribution in [3.8, 4) is 23.2 Å². The third kappa shape index (κ3) is 5.63. The van der Waals surface area contributed by atoms with Crippen LogP contribution in [0.3, 0.4) is 0 Å². The van der Waals surface area contributed by atoms with Crippen LogP contribution < -0.4 is 5.32 Å². The number of halogens is 2. The number of anilines is 1. The molecule has 33 heavy (non-hydrogen) atoms. The first kappa shape index (κ1) is 24.1. The SMILES string of the molecule is CCC(F)(F)[C@@H](C)OC(=O)Nc1c(-c2ccc(C#CC3(CC(=O)O)CC3)c(C)n2)nnn1C. The molecule has 176 valence electrons. The van der Waals surface area contributed by atoms with Gasteiger partial charge in [-0.15, -0.1) is 5.10 Å². The lowest BCUT2D eigenvalue weighted by atomic mass is 10.0. The van der Waals surface area contributed by atoms with Crippen LogP contribution in [0.15, 0.2) is 12.1 Å². The van der Waals surface area contributed by atoms with Crippen molar-refractivity contribution in [2.24, 2.45) is 12.5 Å². The predicted octanol–water partition coefficient (Wildman–Crippen LogP) is 3.77. The van der Waals surface area contributed by atoms with Crippen LogP contribution in [0.1, 0.15) is 50.8 Å². The van der Waals surface area contributed by atoms with Gasteiger partial charge in [0, 0.05) is 24.4 Å². The van der Waals surface area contributed by atoms with Gasteiger partial charge in [-0.3, -0.25) is 10.1 Å². The van der Waals surface area contributed by atoms with Crippen molar-refractivity contribution in [3.05, 3.63) is 23.4 Å². The molecule has 0 saturated heterocycles. The average molecular weight is 461 g/mol. The van der Waals surface area contributed by atoms with Gasteiger partial charge in [0.2, 0.25) is 0 Å². The quantitative estimate of drug-likeness (QED) is 0.602. The maximum absolute atomic E-state index is 13.7. The van der Waals surface area contributed by atoms with Crippen LogP contribution in [0, 0.1) is 24.2 Å². The normalized spacial score (nSPS) is 15.2. The Morgan fingerprint density at radius 2 is 2.09 bits per heavy atom. The number of nitrogens with zero attached hydrogens (tertiary/aromatic N) is 4. The first-order chi connectivity index (χ1) is 15.5. The number of alkyl halides is 2. The number of ether oxygens (including phenoxy) is 1. The number of nitrogens with one attached hydrogen (secondary N) is 1. The fourth-order valence-electron chi connectivity index (χ4n) is 3.14. The van der Waals surface area contributed by atoms with Gasteiger partial charge in [-0.25, -0.2) is 23.2 Å². The topological polar surface area (TPSA) is 119 Å². The average Bonchev–Trinajstić information content (AvgIpc) is 3.41. The monoisotopic (exact) mass is 461 g/mol. The van der Waals surface area contributed by atoms with Crippen molar-refractivity contribution in [3.63, 3.8) is 0 Å². The molecule has 1 saturated carbocycles. The fourth-order valence-corrected chi connectivity index (χ4v) is 3.14. The molecular weight excluding hydrogens is 436 g/mol. The number of carbonyl (C=O) groups excluding carboxylic acids is 1. The number of carbonyl (C=O) groups is 2. The van der Waals surface area contributed by atoms with Crippen LogP contribution in [0.2, 0.25) is 0 Å². The Balaban J connectivity index is 1.78. The summed E-state index contributed by atoms with van der Waals surface area (Å²) >= 11 is 0. The van der Waals surface area contributed by atoms with Crippen LogP contribution in [0.4, 0.5) is 19.4 Å². The molecule has 9 nitrogen and oxygen atoms in total. The highest BCUT2D eigenvalue weighted by Crippen LogP contribution is 2.48. The maximum atomic E-state index is 13.7. The maximum Gasteiger partial charge on any atom is 0.413 e. The standard InChI is InChI=1S/C22H25F2N5O4/c1-5-22(23,24)14(3)33-20(32)26-19-18(27-28-29(19)4)16-7-6-15(13(2)25-16)8-9-21(10-11-21)12-17(30)31/h6-7,14H,5,10-12H2,1-4H3,(H,26,32)(H,30,31)/t14-/m1/s1. The van der Waals surface area contributed by atoms with Crippen LogP contribution in [-0.2, 0) is 16.6 Å². The van der Waals surface area contributed by atoms with Gasteiger partial charge < -0.3 is 9.84 Å². The van der Waals surface area contributed by atoms with E-state index in [1.54, 1.807) is 19.1 Å². The number of pyridine rings is 1. The highest BCUT2D eigenvalue weighted by molar-refractivity contribution is 5.88. The lowest BCUT2D eigenvalue weighted by Gasteiger charge is -2.22. The zero-order chi connectivity index (χ0) is 24.4. The molecule has 2 N–H and O–H groups in total. The van der Waals surface area contributed by atoms with Gasteiger partial charge in [-0.2, -0.15) is 0 Å². The van der Waals surface area contributed by atoms with E-state index in [0.29, 0.717) is 17.0 Å². The number of aromatic nitrogens is 4. The Kier molecular flexibility index (Phi) is 6.67. The summed E-state index contributed by atoms with van der Waals surface area (Å²) in [5, 5.41) is 19.3. The Hall–Kier alpha value is -3.55. The molecule has 3 rings (SSSR count). The first-order valence-electron chi connectivity index (χ1n) is 10.4. The van der Waals surface area contributed by atoms with Crippen molar-refractivity contribution >= 4 is 17.9 Å².